The highest BCUT2D eigenvalue weighted by Crippen LogP contribution is 2.29. The van der Waals surface area contributed by atoms with Crippen molar-refractivity contribution >= 4 is 28.6 Å². The molecular weight excluding hydrogens is 276 g/mol. The lowest BCUT2D eigenvalue weighted by molar-refractivity contribution is 0.307. The van der Waals surface area contributed by atoms with E-state index in [-0.39, 0.29) is 0 Å². The predicted molar refractivity (Wildman–Crippen MR) is 69.3 cm³/mol. The van der Waals surface area contributed by atoms with Crippen LogP contribution in [0.4, 0.5) is 0 Å². The Morgan fingerprint density at radius 1 is 1.33 bits per heavy atom. The molecule has 15 heavy (non-hydrogen) atoms. The zero-order valence-electron chi connectivity index (χ0n) is 8.70. The van der Waals surface area contributed by atoms with Gasteiger partial charge in [-0.1, -0.05) is 0 Å². The van der Waals surface area contributed by atoms with Crippen LogP contribution in [0.25, 0.3) is 0 Å². The molecule has 0 radical (unpaired) electrons. The van der Waals surface area contributed by atoms with Crippen molar-refractivity contribution in [1.29, 1.82) is 0 Å². The third-order valence-electron chi connectivity index (χ3n) is 1.95. The van der Waals surface area contributed by atoms with Gasteiger partial charge in [0.2, 0.25) is 0 Å². The fourth-order valence-electron chi connectivity index (χ4n) is 1.12. The summed E-state index contributed by atoms with van der Waals surface area (Å²) >= 11 is 7.58. The van der Waals surface area contributed by atoms with E-state index < -0.39 is 0 Å². The third kappa shape index (κ3) is 4.34. The van der Waals surface area contributed by atoms with Crippen LogP contribution in [0.1, 0.15) is 12.8 Å². The van der Waals surface area contributed by atoms with Gasteiger partial charge in [-0.25, -0.2) is 0 Å². The van der Waals surface area contributed by atoms with Gasteiger partial charge in [0.25, 0.3) is 0 Å². The summed E-state index contributed by atoms with van der Waals surface area (Å²) in [6.45, 7) is 0.728. The molecular formula is C11H15BrO2S. The van der Waals surface area contributed by atoms with Crippen molar-refractivity contribution in [1.82, 2.24) is 0 Å². The molecule has 0 bridgehead atoms. The van der Waals surface area contributed by atoms with E-state index in [1.807, 2.05) is 18.2 Å². The molecule has 1 aromatic rings. The van der Waals surface area contributed by atoms with Gasteiger partial charge in [-0.15, -0.1) is 0 Å². The summed E-state index contributed by atoms with van der Waals surface area (Å²) in [6.07, 6.45) is 2.11. The van der Waals surface area contributed by atoms with Crippen molar-refractivity contribution in [2.24, 2.45) is 0 Å². The van der Waals surface area contributed by atoms with Crippen molar-refractivity contribution < 1.29 is 9.47 Å². The minimum Gasteiger partial charge on any atom is -0.497 e. The van der Waals surface area contributed by atoms with E-state index in [2.05, 4.69) is 28.6 Å². The Morgan fingerprint density at radius 2 is 2.13 bits per heavy atom. The topological polar surface area (TPSA) is 18.5 Å². The molecule has 1 rings (SSSR count). The van der Waals surface area contributed by atoms with Crippen LogP contribution in [-0.4, -0.2) is 19.5 Å². The van der Waals surface area contributed by atoms with Gasteiger partial charge in [-0.2, -0.15) is 12.6 Å². The Bertz CT molecular complexity index is 305. The maximum absolute atomic E-state index is 5.60. The third-order valence-corrected chi connectivity index (χ3v) is 2.88. The fourth-order valence-corrected chi connectivity index (χ4v) is 1.82. The molecule has 0 aliphatic rings. The number of halogens is 1. The summed E-state index contributed by atoms with van der Waals surface area (Å²) in [5.74, 6) is 2.59. The van der Waals surface area contributed by atoms with E-state index in [1.54, 1.807) is 7.11 Å². The zero-order valence-corrected chi connectivity index (χ0v) is 11.2. The Hall–Kier alpha value is -0.350. The molecule has 0 unspecified atom stereocenters. The quantitative estimate of drug-likeness (QED) is 0.638. The van der Waals surface area contributed by atoms with Gasteiger partial charge in [0.1, 0.15) is 11.5 Å². The van der Waals surface area contributed by atoms with Crippen molar-refractivity contribution in [2.75, 3.05) is 19.5 Å². The van der Waals surface area contributed by atoms with Crippen molar-refractivity contribution in [3.63, 3.8) is 0 Å². The van der Waals surface area contributed by atoms with Crippen LogP contribution in [-0.2, 0) is 0 Å². The van der Waals surface area contributed by atoms with Gasteiger partial charge in [0.15, 0.2) is 0 Å². The molecule has 0 fully saturated rings. The molecule has 0 heterocycles. The summed E-state index contributed by atoms with van der Waals surface area (Å²) in [5, 5.41) is 0. The number of hydrogen-bond acceptors (Lipinski definition) is 3. The van der Waals surface area contributed by atoms with E-state index in [4.69, 9.17) is 9.47 Å². The largest absolute Gasteiger partial charge is 0.497 e. The number of methoxy groups -OCH3 is 1. The maximum Gasteiger partial charge on any atom is 0.133 e. The summed E-state index contributed by atoms with van der Waals surface area (Å²) < 4.78 is 11.6. The molecule has 2 nitrogen and oxygen atoms in total. The second-order valence-corrected chi connectivity index (χ2v) is 4.38. The number of thiol groups is 1. The lowest BCUT2D eigenvalue weighted by Gasteiger charge is -2.08. The average molecular weight is 291 g/mol. The molecule has 0 amide bonds. The highest BCUT2D eigenvalue weighted by Gasteiger charge is 2.02. The lowest BCUT2D eigenvalue weighted by Crippen LogP contribution is -1.98. The van der Waals surface area contributed by atoms with E-state index >= 15 is 0 Å². The van der Waals surface area contributed by atoms with Crippen LogP contribution in [0, 0.1) is 0 Å². The molecule has 1 aromatic carbocycles. The summed E-state index contributed by atoms with van der Waals surface area (Å²) in [4.78, 5) is 0. The second kappa shape index (κ2) is 7.01. The standard InChI is InChI=1S/C11H15BrO2S/c1-13-9-4-5-11(10(12)8-9)14-6-2-3-7-15/h4-5,8,15H,2-3,6-7H2,1H3. The highest BCUT2D eigenvalue weighted by atomic mass is 79.9. The minimum absolute atomic E-state index is 0.728. The first-order valence-electron chi connectivity index (χ1n) is 4.85. The Kier molecular flexibility index (Phi) is 5.95. The van der Waals surface area contributed by atoms with E-state index in [0.717, 1.165) is 41.2 Å². The van der Waals surface area contributed by atoms with Crippen LogP contribution < -0.4 is 9.47 Å². The summed E-state index contributed by atoms with van der Waals surface area (Å²) in [5.41, 5.74) is 0. The zero-order chi connectivity index (χ0) is 11.1. The second-order valence-electron chi connectivity index (χ2n) is 3.08. The molecule has 0 N–H and O–H groups in total. The summed E-state index contributed by atoms with van der Waals surface area (Å²) in [6, 6.07) is 5.69. The van der Waals surface area contributed by atoms with Crippen LogP contribution in [0.5, 0.6) is 11.5 Å². The van der Waals surface area contributed by atoms with Crippen LogP contribution in [0.2, 0.25) is 0 Å². The van der Waals surface area contributed by atoms with E-state index in [9.17, 15) is 0 Å². The summed E-state index contributed by atoms with van der Waals surface area (Å²) in [7, 11) is 1.65. The maximum atomic E-state index is 5.60. The highest BCUT2D eigenvalue weighted by molar-refractivity contribution is 9.10. The van der Waals surface area contributed by atoms with Crippen molar-refractivity contribution in [3.8, 4) is 11.5 Å². The molecule has 0 atom stereocenters. The van der Waals surface area contributed by atoms with Crippen molar-refractivity contribution in [3.05, 3.63) is 22.7 Å². The molecule has 84 valence electrons. The molecule has 0 saturated heterocycles. The smallest absolute Gasteiger partial charge is 0.133 e. The first-order chi connectivity index (χ1) is 7.27. The first-order valence-corrected chi connectivity index (χ1v) is 6.27. The van der Waals surface area contributed by atoms with Crippen LogP contribution in [0.3, 0.4) is 0 Å². The van der Waals surface area contributed by atoms with E-state index in [1.165, 1.54) is 0 Å². The lowest BCUT2D eigenvalue weighted by atomic mass is 10.3. The van der Waals surface area contributed by atoms with Gasteiger partial charge >= 0.3 is 0 Å². The number of benzene rings is 1. The monoisotopic (exact) mass is 290 g/mol. The van der Waals surface area contributed by atoms with Gasteiger partial charge in [0, 0.05) is 0 Å². The molecule has 4 heteroatoms. The van der Waals surface area contributed by atoms with Gasteiger partial charge in [0.05, 0.1) is 18.2 Å². The fraction of sp³-hybridized carbons (Fsp3) is 0.455. The molecule has 0 aliphatic carbocycles. The normalized spacial score (nSPS) is 10.1. The molecule has 0 saturated carbocycles. The average Bonchev–Trinajstić information content (AvgIpc) is 2.26. The number of ether oxygens (including phenoxy) is 2. The van der Waals surface area contributed by atoms with Crippen LogP contribution in [0.15, 0.2) is 22.7 Å². The van der Waals surface area contributed by atoms with Crippen LogP contribution >= 0.6 is 28.6 Å². The number of hydrogen-bond donors (Lipinski definition) is 1. The van der Waals surface area contributed by atoms with Gasteiger partial charge < -0.3 is 9.47 Å². The Balaban J connectivity index is 2.47. The van der Waals surface area contributed by atoms with Gasteiger partial charge in [-0.3, -0.25) is 0 Å². The number of unbranched alkanes of at least 4 members (excludes halogenated alkanes) is 1. The van der Waals surface area contributed by atoms with Gasteiger partial charge in [-0.05, 0) is 52.7 Å². The first kappa shape index (κ1) is 12.7. The Labute approximate surface area is 105 Å². The molecule has 0 aliphatic heterocycles. The molecule has 0 spiro atoms. The van der Waals surface area contributed by atoms with Crippen molar-refractivity contribution in [2.45, 2.75) is 12.8 Å². The molecule has 0 aromatic heterocycles. The Morgan fingerprint density at radius 3 is 2.73 bits per heavy atom. The number of rotatable bonds is 6. The minimum atomic E-state index is 0.728. The van der Waals surface area contributed by atoms with E-state index in [0.29, 0.717) is 0 Å². The predicted octanol–water partition coefficient (Wildman–Crippen LogP) is 3.55. The SMILES string of the molecule is COc1ccc(OCCCCS)c(Br)c1.